The van der Waals surface area contributed by atoms with E-state index in [0.717, 1.165) is 28.4 Å². The number of nitrogens with zero attached hydrogens (tertiary/aromatic N) is 5. The molecule has 26 heavy (non-hydrogen) atoms. The van der Waals surface area contributed by atoms with Crippen LogP contribution in [-0.4, -0.2) is 24.5 Å². The van der Waals surface area contributed by atoms with E-state index >= 15 is 0 Å². The Morgan fingerprint density at radius 1 is 1.19 bits per heavy atom. The molecular weight excluding hydrogens is 328 g/mol. The van der Waals surface area contributed by atoms with Gasteiger partial charge in [-0.15, -0.1) is 0 Å². The molecule has 0 amide bonds. The second kappa shape index (κ2) is 6.59. The number of imidazole rings is 1. The summed E-state index contributed by atoms with van der Waals surface area (Å²) in [6.45, 7) is 6.71. The van der Waals surface area contributed by atoms with E-state index in [4.69, 9.17) is 4.52 Å². The number of hydrogen-bond acceptors (Lipinski definition) is 6. The topological polar surface area (TPSA) is 81.1 Å². The first-order valence-electron chi connectivity index (χ1n) is 8.57. The van der Waals surface area contributed by atoms with Gasteiger partial charge in [-0.25, -0.2) is 9.97 Å². The van der Waals surface area contributed by atoms with Crippen LogP contribution in [0.3, 0.4) is 0 Å². The van der Waals surface area contributed by atoms with Gasteiger partial charge in [0.2, 0.25) is 0 Å². The molecule has 0 radical (unpaired) electrons. The van der Waals surface area contributed by atoms with Gasteiger partial charge in [-0.3, -0.25) is 0 Å². The Hall–Kier alpha value is -3.22. The van der Waals surface area contributed by atoms with Crippen molar-refractivity contribution in [1.82, 2.24) is 24.5 Å². The second-order valence-electron chi connectivity index (χ2n) is 6.52. The first-order chi connectivity index (χ1) is 12.6. The van der Waals surface area contributed by atoms with Crippen molar-refractivity contribution in [2.75, 3.05) is 5.32 Å². The number of nitrogens with one attached hydrogen (secondary N) is 1. The molecule has 0 aliphatic carbocycles. The van der Waals surface area contributed by atoms with Crippen molar-refractivity contribution in [2.45, 2.75) is 33.2 Å². The number of anilines is 1. The van der Waals surface area contributed by atoms with Crippen LogP contribution in [0.15, 0.2) is 47.2 Å². The smallest absolute Gasteiger partial charge is 0.258 e. The van der Waals surface area contributed by atoms with E-state index in [9.17, 15) is 0 Å². The Labute approximate surface area is 151 Å². The quantitative estimate of drug-likeness (QED) is 0.590. The Morgan fingerprint density at radius 3 is 2.85 bits per heavy atom. The minimum Gasteiger partial charge on any atom is -0.364 e. The van der Waals surface area contributed by atoms with Crippen molar-refractivity contribution >= 4 is 11.5 Å². The van der Waals surface area contributed by atoms with Gasteiger partial charge in [0.15, 0.2) is 5.82 Å². The zero-order valence-corrected chi connectivity index (χ0v) is 15.0. The highest BCUT2D eigenvalue weighted by Gasteiger charge is 2.12. The van der Waals surface area contributed by atoms with Crippen LogP contribution in [0.4, 0.5) is 5.82 Å². The van der Waals surface area contributed by atoms with Crippen LogP contribution >= 0.6 is 0 Å². The molecule has 7 heteroatoms. The summed E-state index contributed by atoms with van der Waals surface area (Å²) in [6.07, 6.45) is 3.76. The maximum absolute atomic E-state index is 5.35. The predicted octanol–water partition coefficient (Wildman–Crippen LogP) is 3.82. The maximum Gasteiger partial charge on any atom is 0.258 e. The van der Waals surface area contributed by atoms with Crippen molar-refractivity contribution in [3.05, 3.63) is 59.9 Å². The van der Waals surface area contributed by atoms with Gasteiger partial charge in [-0.1, -0.05) is 25.1 Å². The standard InChI is InChI=1S/C19H20N6O/c1-12(2)18-23-19(26-24-18)14-7-8-20-16(9-14)21-10-15-11-25-13(3)5-4-6-17(25)22-15/h4-9,11-12H,10H2,1-3H3,(H,20,21). The van der Waals surface area contributed by atoms with E-state index in [1.807, 2.05) is 44.3 Å². The van der Waals surface area contributed by atoms with Crippen LogP contribution in [0.25, 0.3) is 17.1 Å². The second-order valence-corrected chi connectivity index (χ2v) is 6.52. The normalized spacial score (nSPS) is 11.4. The minimum atomic E-state index is 0.227. The number of aromatic nitrogens is 5. The maximum atomic E-state index is 5.35. The molecule has 0 unspecified atom stereocenters. The summed E-state index contributed by atoms with van der Waals surface area (Å²) >= 11 is 0. The molecule has 0 aliphatic rings. The molecule has 0 aromatic carbocycles. The van der Waals surface area contributed by atoms with E-state index in [-0.39, 0.29) is 5.92 Å². The molecule has 0 saturated heterocycles. The van der Waals surface area contributed by atoms with Gasteiger partial charge in [0.1, 0.15) is 11.5 Å². The molecule has 7 nitrogen and oxygen atoms in total. The number of pyridine rings is 2. The molecule has 0 fully saturated rings. The molecule has 0 saturated carbocycles. The molecule has 132 valence electrons. The lowest BCUT2D eigenvalue weighted by molar-refractivity contribution is 0.419. The highest BCUT2D eigenvalue weighted by Crippen LogP contribution is 2.22. The Morgan fingerprint density at radius 2 is 2.08 bits per heavy atom. The lowest BCUT2D eigenvalue weighted by atomic mass is 10.2. The number of fused-ring (bicyclic) bond motifs is 1. The zero-order valence-electron chi connectivity index (χ0n) is 15.0. The fourth-order valence-corrected chi connectivity index (χ4v) is 2.71. The summed E-state index contributed by atoms with van der Waals surface area (Å²) < 4.78 is 7.43. The van der Waals surface area contributed by atoms with Gasteiger partial charge in [0, 0.05) is 29.6 Å². The monoisotopic (exact) mass is 348 g/mol. The first-order valence-corrected chi connectivity index (χ1v) is 8.57. The van der Waals surface area contributed by atoms with Crippen molar-refractivity contribution in [2.24, 2.45) is 0 Å². The van der Waals surface area contributed by atoms with E-state index < -0.39 is 0 Å². The van der Waals surface area contributed by atoms with Crippen molar-refractivity contribution in [1.29, 1.82) is 0 Å². The summed E-state index contributed by atoms with van der Waals surface area (Å²) in [6, 6.07) is 9.83. The fraction of sp³-hybridized carbons (Fsp3) is 0.263. The summed E-state index contributed by atoms with van der Waals surface area (Å²) in [4.78, 5) is 13.4. The Balaban J connectivity index is 1.52. The third kappa shape index (κ3) is 3.15. The molecule has 1 N–H and O–H groups in total. The zero-order chi connectivity index (χ0) is 18.1. The molecule has 0 spiro atoms. The lowest BCUT2D eigenvalue weighted by Crippen LogP contribution is -2.01. The average molecular weight is 348 g/mol. The fourth-order valence-electron chi connectivity index (χ4n) is 2.71. The largest absolute Gasteiger partial charge is 0.364 e. The minimum absolute atomic E-state index is 0.227. The van der Waals surface area contributed by atoms with Crippen LogP contribution < -0.4 is 5.32 Å². The summed E-state index contributed by atoms with van der Waals surface area (Å²) in [5.41, 5.74) is 3.88. The third-order valence-corrected chi connectivity index (χ3v) is 4.16. The predicted molar refractivity (Wildman–Crippen MR) is 98.9 cm³/mol. The number of rotatable bonds is 5. The van der Waals surface area contributed by atoms with Gasteiger partial charge in [0.05, 0.1) is 12.2 Å². The van der Waals surface area contributed by atoms with Crippen LogP contribution in [0, 0.1) is 6.92 Å². The van der Waals surface area contributed by atoms with Crippen LogP contribution in [0.2, 0.25) is 0 Å². The Bertz CT molecular complexity index is 1050. The molecule has 0 bridgehead atoms. The summed E-state index contributed by atoms with van der Waals surface area (Å²) in [5.74, 6) is 2.17. The Kier molecular flexibility index (Phi) is 4.12. The summed E-state index contributed by atoms with van der Waals surface area (Å²) in [5, 5.41) is 7.31. The van der Waals surface area contributed by atoms with Gasteiger partial charge >= 0.3 is 0 Å². The molecular formula is C19H20N6O. The molecule has 4 aromatic heterocycles. The van der Waals surface area contributed by atoms with E-state index in [1.54, 1.807) is 6.20 Å². The van der Waals surface area contributed by atoms with Crippen LogP contribution in [0.5, 0.6) is 0 Å². The van der Waals surface area contributed by atoms with Gasteiger partial charge in [-0.05, 0) is 31.2 Å². The van der Waals surface area contributed by atoms with Gasteiger partial charge in [0.25, 0.3) is 5.89 Å². The van der Waals surface area contributed by atoms with Crippen LogP contribution in [0.1, 0.15) is 37.0 Å². The van der Waals surface area contributed by atoms with E-state index in [1.165, 1.54) is 0 Å². The molecule has 4 rings (SSSR count). The molecule has 4 aromatic rings. The number of aryl methyl sites for hydroxylation is 1. The van der Waals surface area contributed by atoms with E-state index in [0.29, 0.717) is 18.3 Å². The lowest BCUT2D eigenvalue weighted by Gasteiger charge is -2.04. The van der Waals surface area contributed by atoms with Crippen molar-refractivity contribution < 1.29 is 4.52 Å². The van der Waals surface area contributed by atoms with Crippen LogP contribution in [-0.2, 0) is 6.54 Å². The molecule has 0 atom stereocenters. The third-order valence-electron chi connectivity index (χ3n) is 4.16. The van der Waals surface area contributed by atoms with Crippen molar-refractivity contribution in [3.63, 3.8) is 0 Å². The molecule has 4 heterocycles. The van der Waals surface area contributed by atoms with Gasteiger partial charge < -0.3 is 14.2 Å². The highest BCUT2D eigenvalue weighted by atomic mass is 16.5. The van der Waals surface area contributed by atoms with Gasteiger partial charge in [-0.2, -0.15) is 4.98 Å². The molecule has 0 aliphatic heterocycles. The highest BCUT2D eigenvalue weighted by molar-refractivity contribution is 5.58. The SMILES string of the molecule is Cc1cccc2nc(CNc3cc(-c4nc(C(C)C)no4)ccn3)cn12. The first kappa shape index (κ1) is 16.3. The summed E-state index contributed by atoms with van der Waals surface area (Å²) in [7, 11) is 0. The van der Waals surface area contributed by atoms with E-state index in [2.05, 4.69) is 42.8 Å². The van der Waals surface area contributed by atoms with Crippen molar-refractivity contribution in [3.8, 4) is 11.5 Å². The average Bonchev–Trinajstić information content (AvgIpc) is 3.28. The number of hydrogen-bond donors (Lipinski definition) is 1.